The zero-order valence-electron chi connectivity index (χ0n) is 12.2. The summed E-state index contributed by atoms with van der Waals surface area (Å²) in [6.45, 7) is 3.43. The van der Waals surface area contributed by atoms with Crippen molar-refractivity contribution in [2.45, 2.75) is 39.0 Å². The molecule has 1 amide bonds. The number of nitrogens with zero attached hydrogens (tertiary/aromatic N) is 2. The maximum Gasteiger partial charge on any atom is 0.222 e. The fourth-order valence-electron chi connectivity index (χ4n) is 2.95. The third kappa shape index (κ3) is 3.59. The smallest absolute Gasteiger partial charge is 0.222 e. The van der Waals surface area contributed by atoms with Gasteiger partial charge in [0.1, 0.15) is 5.84 Å². The minimum Gasteiger partial charge on any atom is -0.409 e. The molecule has 5 nitrogen and oxygen atoms in total. The number of hydrogen-bond donors (Lipinski definition) is 2. The van der Waals surface area contributed by atoms with Crippen LogP contribution in [0.5, 0.6) is 0 Å². The minimum atomic E-state index is -0.271. The number of thioether (sulfide) groups is 1. The lowest BCUT2D eigenvalue weighted by Crippen LogP contribution is -2.47. The SMILES string of the molecule is CC1(C(N)=NO)CCN(C(=O)CC2CCSCC2)CC1. The summed E-state index contributed by atoms with van der Waals surface area (Å²) in [5, 5.41) is 12.0. The van der Waals surface area contributed by atoms with Crippen LogP contribution in [0.25, 0.3) is 0 Å². The summed E-state index contributed by atoms with van der Waals surface area (Å²) in [6.07, 6.45) is 4.59. The maximum atomic E-state index is 12.3. The number of amidine groups is 1. The summed E-state index contributed by atoms with van der Waals surface area (Å²) in [7, 11) is 0. The number of nitrogens with two attached hydrogens (primary N) is 1. The number of oxime groups is 1. The second-order valence-electron chi connectivity index (χ2n) is 6.19. The zero-order chi connectivity index (χ0) is 14.6. The Kier molecular flexibility index (Phi) is 5.18. The van der Waals surface area contributed by atoms with E-state index in [0.29, 0.717) is 25.4 Å². The molecule has 0 bridgehead atoms. The fourth-order valence-corrected chi connectivity index (χ4v) is 4.16. The molecule has 2 aliphatic heterocycles. The predicted octanol–water partition coefficient (Wildman–Crippen LogP) is 1.89. The average Bonchev–Trinajstić information content (AvgIpc) is 2.48. The van der Waals surface area contributed by atoms with Crippen LogP contribution >= 0.6 is 11.8 Å². The molecule has 6 heteroatoms. The predicted molar refractivity (Wildman–Crippen MR) is 82.0 cm³/mol. The first-order valence-electron chi connectivity index (χ1n) is 7.39. The summed E-state index contributed by atoms with van der Waals surface area (Å²) in [6, 6.07) is 0. The molecule has 0 unspecified atom stereocenters. The second-order valence-corrected chi connectivity index (χ2v) is 7.41. The summed E-state index contributed by atoms with van der Waals surface area (Å²) in [4.78, 5) is 14.3. The first-order chi connectivity index (χ1) is 9.55. The van der Waals surface area contributed by atoms with Crippen molar-refractivity contribution >= 4 is 23.5 Å². The summed E-state index contributed by atoms with van der Waals surface area (Å²) in [5.41, 5.74) is 5.48. The van der Waals surface area contributed by atoms with Crippen LogP contribution in [0.1, 0.15) is 39.0 Å². The number of amides is 1. The van der Waals surface area contributed by atoms with E-state index in [1.165, 1.54) is 24.3 Å². The van der Waals surface area contributed by atoms with E-state index in [9.17, 15) is 4.79 Å². The van der Waals surface area contributed by atoms with E-state index >= 15 is 0 Å². The molecular formula is C14H25N3O2S. The second kappa shape index (κ2) is 6.70. The van der Waals surface area contributed by atoms with Crippen LogP contribution < -0.4 is 5.73 Å². The third-order valence-electron chi connectivity index (χ3n) is 4.75. The van der Waals surface area contributed by atoms with Gasteiger partial charge < -0.3 is 15.8 Å². The molecular weight excluding hydrogens is 274 g/mol. The Morgan fingerprint density at radius 2 is 2.00 bits per heavy atom. The number of likely N-dealkylation sites (tertiary alicyclic amines) is 1. The van der Waals surface area contributed by atoms with Gasteiger partial charge in [0.2, 0.25) is 5.91 Å². The number of hydrogen-bond acceptors (Lipinski definition) is 4. The zero-order valence-corrected chi connectivity index (χ0v) is 13.0. The van der Waals surface area contributed by atoms with Gasteiger partial charge in [-0.3, -0.25) is 4.79 Å². The lowest BCUT2D eigenvalue weighted by molar-refractivity contribution is -0.133. The van der Waals surface area contributed by atoms with Crippen LogP contribution in [0.15, 0.2) is 5.16 Å². The third-order valence-corrected chi connectivity index (χ3v) is 5.80. The van der Waals surface area contributed by atoms with Crippen molar-refractivity contribution in [3.8, 4) is 0 Å². The van der Waals surface area contributed by atoms with Crippen molar-refractivity contribution in [3.63, 3.8) is 0 Å². The number of piperidine rings is 1. The molecule has 2 fully saturated rings. The van der Waals surface area contributed by atoms with Crippen molar-refractivity contribution in [3.05, 3.63) is 0 Å². The summed E-state index contributed by atoms with van der Waals surface area (Å²) >= 11 is 1.99. The highest BCUT2D eigenvalue weighted by Crippen LogP contribution is 2.32. The molecule has 2 heterocycles. The van der Waals surface area contributed by atoms with Gasteiger partial charge in [0.05, 0.1) is 0 Å². The van der Waals surface area contributed by atoms with Gasteiger partial charge in [-0.05, 0) is 43.1 Å². The number of rotatable bonds is 3. The van der Waals surface area contributed by atoms with Gasteiger partial charge >= 0.3 is 0 Å². The Morgan fingerprint density at radius 1 is 1.40 bits per heavy atom. The molecule has 20 heavy (non-hydrogen) atoms. The summed E-state index contributed by atoms with van der Waals surface area (Å²) < 4.78 is 0. The van der Waals surface area contributed by atoms with E-state index in [1.807, 2.05) is 23.6 Å². The first-order valence-corrected chi connectivity index (χ1v) is 8.54. The highest BCUT2D eigenvalue weighted by atomic mass is 32.2. The first kappa shape index (κ1) is 15.5. The molecule has 2 saturated heterocycles. The molecule has 0 aliphatic carbocycles. The van der Waals surface area contributed by atoms with Gasteiger partial charge in [-0.2, -0.15) is 11.8 Å². The van der Waals surface area contributed by atoms with Gasteiger partial charge in [-0.15, -0.1) is 0 Å². The van der Waals surface area contributed by atoms with E-state index in [0.717, 1.165) is 12.8 Å². The molecule has 0 atom stereocenters. The van der Waals surface area contributed by atoms with Gasteiger partial charge in [-0.1, -0.05) is 12.1 Å². The van der Waals surface area contributed by atoms with Crippen molar-refractivity contribution in [1.82, 2.24) is 4.90 Å². The molecule has 0 spiro atoms. The standard InChI is InChI=1S/C14H25N3O2S/c1-14(13(15)16-19)4-6-17(7-5-14)12(18)10-11-2-8-20-9-3-11/h11,19H,2-10H2,1H3,(H2,15,16). The van der Waals surface area contributed by atoms with Crippen LogP contribution in [-0.4, -0.2) is 46.4 Å². The topological polar surface area (TPSA) is 78.9 Å². The molecule has 0 radical (unpaired) electrons. The lowest BCUT2D eigenvalue weighted by Gasteiger charge is -2.39. The molecule has 0 aromatic heterocycles. The quantitative estimate of drug-likeness (QED) is 0.361. The van der Waals surface area contributed by atoms with Crippen molar-refractivity contribution in [1.29, 1.82) is 0 Å². The van der Waals surface area contributed by atoms with Crippen LogP contribution in [-0.2, 0) is 4.79 Å². The highest BCUT2D eigenvalue weighted by molar-refractivity contribution is 7.99. The molecule has 3 N–H and O–H groups in total. The van der Waals surface area contributed by atoms with Gasteiger partial charge in [0.25, 0.3) is 0 Å². The Morgan fingerprint density at radius 3 is 2.55 bits per heavy atom. The van der Waals surface area contributed by atoms with E-state index in [4.69, 9.17) is 10.9 Å². The van der Waals surface area contributed by atoms with Crippen molar-refractivity contribution in [2.24, 2.45) is 22.2 Å². The normalized spacial score (nSPS) is 24.6. The van der Waals surface area contributed by atoms with Gasteiger partial charge in [-0.25, -0.2) is 0 Å². The van der Waals surface area contributed by atoms with Crippen LogP contribution in [0.2, 0.25) is 0 Å². The monoisotopic (exact) mass is 299 g/mol. The van der Waals surface area contributed by atoms with Crippen molar-refractivity contribution < 1.29 is 10.0 Å². The maximum absolute atomic E-state index is 12.3. The van der Waals surface area contributed by atoms with Crippen LogP contribution in [0.4, 0.5) is 0 Å². The molecule has 0 aromatic carbocycles. The van der Waals surface area contributed by atoms with E-state index in [2.05, 4.69) is 5.16 Å². The fraction of sp³-hybridized carbons (Fsp3) is 0.857. The van der Waals surface area contributed by atoms with Gasteiger partial charge in [0.15, 0.2) is 0 Å². The van der Waals surface area contributed by atoms with Crippen LogP contribution in [0, 0.1) is 11.3 Å². The van der Waals surface area contributed by atoms with Crippen molar-refractivity contribution in [2.75, 3.05) is 24.6 Å². The Bertz CT molecular complexity index is 373. The molecule has 114 valence electrons. The Balaban J connectivity index is 1.82. The molecule has 0 saturated carbocycles. The largest absolute Gasteiger partial charge is 0.409 e. The average molecular weight is 299 g/mol. The van der Waals surface area contributed by atoms with E-state index in [-0.39, 0.29) is 17.2 Å². The molecule has 0 aromatic rings. The molecule has 2 rings (SSSR count). The van der Waals surface area contributed by atoms with Crippen LogP contribution in [0.3, 0.4) is 0 Å². The summed E-state index contributed by atoms with van der Waals surface area (Å²) in [5.74, 6) is 3.53. The number of carbonyl (C=O) groups excluding carboxylic acids is 1. The highest BCUT2D eigenvalue weighted by Gasteiger charge is 2.35. The Hall–Kier alpha value is -0.910. The van der Waals surface area contributed by atoms with Gasteiger partial charge in [0, 0.05) is 24.9 Å². The lowest BCUT2D eigenvalue weighted by atomic mass is 9.79. The van der Waals surface area contributed by atoms with E-state index < -0.39 is 0 Å². The minimum absolute atomic E-state index is 0.271. The molecule has 2 aliphatic rings. The van der Waals surface area contributed by atoms with E-state index in [1.54, 1.807) is 0 Å². The Labute approximate surface area is 124 Å². The number of carbonyl (C=O) groups is 1.